The molecule has 116 valence electrons. The molecular weight excluding hydrogens is 318 g/mol. The van der Waals surface area contributed by atoms with Gasteiger partial charge in [-0.25, -0.2) is 9.36 Å². The van der Waals surface area contributed by atoms with E-state index in [1.54, 1.807) is 48.5 Å². The van der Waals surface area contributed by atoms with Crippen molar-refractivity contribution in [1.82, 2.24) is 4.57 Å². The second-order valence-electron chi connectivity index (χ2n) is 4.85. The number of fused-ring (bicyclic) bond motifs is 1. The van der Waals surface area contributed by atoms with Crippen LogP contribution in [0.5, 0.6) is 5.88 Å². The number of aromatic nitrogens is 1. The molecule has 1 heterocycles. The molecule has 2 aromatic carbocycles. The molecule has 2 amide bonds. The number of hydrogen-bond donors (Lipinski definition) is 3. The highest BCUT2D eigenvalue weighted by atomic mass is 35.5. The van der Waals surface area contributed by atoms with Crippen molar-refractivity contribution in [2.24, 2.45) is 5.73 Å². The lowest BCUT2D eigenvalue weighted by atomic mass is 10.1. The third-order valence-electron chi connectivity index (χ3n) is 3.38. The summed E-state index contributed by atoms with van der Waals surface area (Å²) in [5, 5.41) is 13.8. The Bertz CT molecular complexity index is 933. The third kappa shape index (κ3) is 2.60. The number of nitrogens with zero attached hydrogens (tertiary/aromatic N) is 1. The van der Waals surface area contributed by atoms with Gasteiger partial charge < -0.3 is 16.2 Å². The van der Waals surface area contributed by atoms with Gasteiger partial charge in [0.1, 0.15) is 5.56 Å². The van der Waals surface area contributed by atoms with Crippen LogP contribution in [0.1, 0.15) is 10.4 Å². The van der Waals surface area contributed by atoms with Crippen molar-refractivity contribution in [1.29, 1.82) is 0 Å². The lowest BCUT2D eigenvalue weighted by molar-refractivity contribution is 0.102. The number of amides is 2. The first-order chi connectivity index (χ1) is 11.0. The van der Waals surface area contributed by atoms with E-state index in [2.05, 4.69) is 5.32 Å². The molecular formula is C16H12ClN3O3. The van der Waals surface area contributed by atoms with Gasteiger partial charge in [-0.1, -0.05) is 35.9 Å². The molecule has 0 aliphatic rings. The highest BCUT2D eigenvalue weighted by molar-refractivity contribution is 6.31. The normalized spacial score (nSPS) is 10.7. The van der Waals surface area contributed by atoms with E-state index < -0.39 is 17.8 Å². The van der Waals surface area contributed by atoms with Crippen molar-refractivity contribution in [2.75, 3.05) is 5.32 Å². The minimum Gasteiger partial charge on any atom is -0.494 e. The van der Waals surface area contributed by atoms with Crippen LogP contribution in [-0.4, -0.2) is 21.6 Å². The maximum Gasteiger partial charge on any atom is 0.326 e. The van der Waals surface area contributed by atoms with E-state index in [0.717, 1.165) is 4.57 Å². The number of nitrogens with two attached hydrogens (primary N) is 1. The molecule has 0 unspecified atom stereocenters. The molecule has 0 aliphatic heterocycles. The number of hydrogen-bond acceptors (Lipinski definition) is 3. The highest BCUT2D eigenvalue weighted by Gasteiger charge is 2.24. The monoisotopic (exact) mass is 329 g/mol. The fourth-order valence-corrected chi connectivity index (χ4v) is 2.62. The van der Waals surface area contributed by atoms with E-state index in [4.69, 9.17) is 17.3 Å². The largest absolute Gasteiger partial charge is 0.494 e. The van der Waals surface area contributed by atoms with Gasteiger partial charge in [-0.3, -0.25) is 4.79 Å². The van der Waals surface area contributed by atoms with Crippen LogP contribution in [0.3, 0.4) is 0 Å². The molecule has 0 radical (unpaired) electrons. The molecule has 0 fully saturated rings. The Morgan fingerprint density at radius 1 is 1.13 bits per heavy atom. The zero-order valence-electron chi connectivity index (χ0n) is 11.8. The second-order valence-corrected chi connectivity index (χ2v) is 5.29. The van der Waals surface area contributed by atoms with E-state index in [-0.39, 0.29) is 5.56 Å². The number of nitrogens with one attached hydrogen (secondary N) is 1. The lowest BCUT2D eigenvalue weighted by Gasteiger charge is -2.05. The van der Waals surface area contributed by atoms with Gasteiger partial charge in [0, 0.05) is 16.1 Å². The summed E-state index contributed by atoms with van der Waals surface area (Å²) in [4.78, 5) is 24.1. The summed E-state index contributed by atoms with van der Waals surface area (Å²) in [6.45, 7) is 0. The van der Waals surface area contributed by atoms with Crippen molar-refractivity contribution in [3.8, 4) is 5.88 Å². The number of aromatic hydroxyl groups is 1. The van der Waals surface area contributed by atoms with Crippen molar-refractivity contribution < 1.29 is 14.7 Å². The first kappa shape index (κ1) is 14.9. The molecule has 0 bridgehead atoms. The number of anilines is 1. The first-order valence-electron chi connectivity index (χ1n) is 6.68. The molecule has 0 spiro atoms. The van der Waals surface area contributed by atoms with Gasteiger partial charge in [0.15, 0.2) is 0 Å². The quantitative estimate of drug-likeness (QED) is 0.673. The molecule has 23 heavy (non-hydrogen) atoms. The van der Waals surface area contributed by atoms with Gasteiger partial charge in [-0.2, -0.15) is 0 Å². The Labute approximate surface area is 136 Å². The van der Waals surface area contributed by atoms with Crippen LogP contribution in [0, 0.1) is 0 Å². The van der Waals surface area contributed by atoms with E-state index in [1.807, 2.05) is 0 Å². The molecule has 1 aromatic heterocycles. The SMILES string of the molecule is NC(=O)n1c(O)c(C(=O)Nc2cccc(Cl)c2)c2ccccc21. The van der Waals surface area contributed by atoms with E-state index >= 15 is 0 Å². The van der Waals surface area contributed by atoms with Crippen molar-refractivity contribution in [2.45, 2.75) is 0 Å². The van der Waals surface area contributed by atoms with E-state index in [0.29, 0.717) is 21.6 Å². The molecule has 0 saturated carbocycles. The van der Waals surface area contributed by atoms with Gasteiger partial charge in [0.2, 0.25) is 5.88 Å². The van der Waals surface area contributed by atoms with Crippen LogP contribution in [-0.2, 0) is 0 Å². The molecule has 0 saturated heterocycles. The maximum atomic E-state index is 12.5. The number of para-hydroxylation sites is 1. The summed E-state index contributed by atoms with van der Waals surface area (Å²) >= 11 is 5.88. The number of carbonyl (C=O) groups excluding carboxylic acids is 2. The Kier molecular flexibility index (Phi) is 3.67. The zero-order chi connectivity index (χ0) is 16.6. The summed E-state index contributed by atoms with van der Waals surface area (Å²) < 4.78 is 0.891. The lowest BCUT2D eigenvalue weighted by Crippen LogP contribution is -2.19. The topological polar surface area (TPSA) is 97.3 Å². The van der Waals surface area contributed by atoms with E-state index in [9.17, 15) is 14.7 Å². The fourth-order valence-electron chi connectivity index (χ4n) is 2.43. The summed E-state index contributed by atoms with van der Waals surface area (Å²) in [6, 6.07) is 12.3. The fraction of sp³-hybridized carbons (Fsp3) is 0. The number of carbonyl (C=O) groups is 2. The summed E-state index contributed by atoms with van der Waals surface area (Å²) in [5.41, 5.74) is 6.08. The predicted molar refractivity (Wildman–Crippen MR) is 88.0 cm³/mol. The molecule has 0 atom stereocenters. The Morgan fingerprint density at radius 2 is 1.87 bits per heavy atom. The van der Waals surface area contributed by atoms with Crippen LogP contribution in [0.4, 0.5) is 10.5 Å². The van der Waals surface area contributed by atoms with Crippen molar-refractivity contribution in [3.05, 3.63) is 59.1 Å². The smallest absolute Gasteiger partial charge is 0.326 e. The Balaban J connectivity index is 2.11. The van der Waals surface area contributed by atoms with Gasteiger partial charge in [-0.05, 0) is 24.3 Å². The maximum absolute atomic E-state index is 12.5. The molecule has 6 nitrogen and oxygen atoms in total. The molecule has 3 aromatic rings. The predicted octanol–water partition coefficient (Wildman–Crippen LogP) is 3.18. The second kappa shape index (κ2) is 5.66. The third-order valence-corrected chi connectivity index (χ3v) is 3.61. The molecule has 3 rings (SSSR count). The number of benzene rings is 2. The van der Waals surface area contributed by atoms with E-state index in [1.165, 1.54) is 0 Å². The van der Waals surface area contributed by atoms with Crippen LogP contribution in [0.2, 0.25) is 5.02 Å². The van der Waals surface area contributed by atoms with Gasteiger partial charge >= 0.3 is 6.03 Å². The minimum absolute atomic E-state index is 0.0284. The van der Waals surface area contributed by atoms with Crippen LogP contribution in [0.25, 0.3) is 10.9 Å². The standard InChI is InChI=1S/C16H12ClN3O3/c17-9-4-3-5-10(8-9)19-14(21)13-11-6-1-2-7-12(11)20(15(13)22)16(18)23/h1-8,22H,(H2,18,23)(H,19,21). The number of halogens is 1. The van der Waals surface area contributed by atoms with Crippen molar-refractivity contribution in [3.63, 3.8) is 0 Å². The Morgan fingerprint density at radius 3 is 2.57 bits per heavy atom. The van der Waals surface area contributed by atoms with Gasteiger partial charge in [0.05, 0.1) is 5.52 Å². The summed E-state index contributed by atoms with van der Waals surface area (Å²) in [6.07, 6.45) is 0. The molecule has 7 heteroatoms. The highest BCUT2D eigenvalue weighted by Crippen LogP contribution is 2.31. The molecule has 0 aliphatic carbocycles. The average Bonchev–Trinajstić information content (AvgIpc) is 2.79. The number of rotatable bonds is 2. The Hall–Kier alpha value is -2.99. The summed E-state index contributed by atoms with van der Waals surface area (Å²) in [5.74, 6) is -1.07. The van der Waals surface area contributed by atoms with Crippen LogP contribution in [0.15, 0.2) is 48.5 Å². The zero-order valence-corrected chi connectivity index (χ0v) is 12.5. The summed E-state index contributed by atoms with van der Waals surface area (Å²) in [7, 11) is 0. The molecule has 4 N–H and O–H groups in total. The van der Waals surface area contributed by atoms with Gasteiger partial charge in [-0.15, -0.1) is 0 Å². The van der Waals surface area contributed by atoms with Gasteiger partial charge in [0.25, 0.3) is 5.91 Å². The van der Waals surface area contributed by atoms with Crippen LogP contribution < -0.4 is 11.1 Å². The van der Waals surface area contributed by atoms with Crippen molar-refractivity contribution >= 4 is 40.1 Å². The average molecular weight is 330 g/mol. The van der Waals surface area contributed by atoms with Crippen LogP contribution >= 0.6 is 11.6 Å². The first-order valence-corrected chi connectivity index (χ1v) is 7.06. The number of primary amides is 1. The minimum atomic E-state index is -0.875.